The first kappa shape index (κ1) is 11.5. The van der Waals surface area contributed by atoms with E-state index in [0.717, 1.165) is 5.56 Å². The fourth-order valence-corrected chi connectivity index (χ4v) is 1.29. The molecule has 0 radical (unpaired) electrons. The van der Waals surface area contributed by atoms with Gasteiger partial charge in [-0.1, -0.05) is 18.2 Å². The second kappa shape index (κ2) is 5.36. The SMILES string of the molecule is CCOC(=O)Nc1ccccc1C(C)N. The van der Waals surface area contributed by atoms with Crippen LogP contribution in [-0.2, 0) is 4.74 Å². The lowest BCUT2D eigenvalue weighted by Gasteiger charge is -2.13. The molecule has 1 atom stereocenters. The van der Waals surface area contributed by atoms with Crippen molar-refractivity contribution in [3.05, 3.63) is 29.8 Å². The van der Waals surface area contributed by atoms with Gasteiger partial charge in [0.25, 0.3) is 0 Å². The smallest absolute Gasteiger partial charge is 0.411 e. The van der Waals surface area contributed by atoms with Crippen LogP contribution in [0, 0.1) is 0 Å². The summed E-state index contributed by atoms with van der Waals surface area (Å²) in [6, 6.07) is 7.28. The highest BCUT2D eigenvalue weighted by molar-refractivity contribution is 5.85. The molecule has 4 heteroatoms. The summed E-state index contributed by atoms with van der Waals surface area (Å²) in [5, 5.41) is 2.65. The van der Waals surface area contributed by atoms with Gasteiger partial charge in [0.2, 0.25) is 0 Å². The number of rotatable bonds is 3. The lowest BCUT2D eigenvalue weighted by molar-refractivity contribution is 0.168. The van der Waals surface area contributed by atoms with Crippen molar-refractivity contribution < 1.29 is 9.53 Å². The Morgan fingerprint density at radius 1 is 1.53 bits per heavy atom. The predicted molar refractivity (Wildman–Crippen MR) is 59.7 cm³/mol. The molecule has 1 aromatic rings. The zero-order valence-electron chi connectivity index (χ0n) is 8.99. The Hall–Kier alpha value is -1.55. The van der Waals surface area contributed by atoms with Crippen LogP contribution in [0.15, 0.2) is 24.3 Å². The third-order valence-corrected chi connectivity index (χ3v) is 1.96. The van der Waals surface area contributed by atoms with Crippen LogP contribution in [0.2, 0.25) is 0 Å². The van der Waals surface area contributed by atoms with E-state index in [4.69, 9.17) is 10.5 Å². The van der Waals surface area contributed by atoms with E-state index in [1.54, 1.807) is 13.0 Å². The molecule has 3 N–H and O–H groups in total. The van der Waals surface area contributed by atoms with E-state index in [1.807, 2.05) is 25.1 Å². The van der Waals surface area contributed by atoms with E-state index in [9.17, 15) is 4.79 Å². The first-order valence-electron chi connectivity index (χ1n) is 4.93. The average molecular weight is 208 g/mol. The van der Waals surface area contributed by atoms with Gasteiger partial charge in [-0.15, -0.1) is 0 Å². The minimum atomic E-state index is -0.453. The average Bonchev–Trinajstić information content (AvgIpc) is 2.18. The zero-order valence-corrected chi connectivity index (χ0v) is 8.99. The number of hydrogen-bond donors (Lipinski definition) is 2. The van der Waals surface area contributed by atoms with Crippen molar-refractivity contribution >= 4 is 11.8 Å². The molecule has 0 saturated heterocycles. The Balaban J connectivity index is 2.80. The first-order valence-corrected chi connectivity index (χ1v) is 4.93. The molecular weight excluding hydrogens is 192 g/mol. The van der Waals surface area contributed by atoms with Gasteiger partial charge in [-0.25, -0.2) is 4.79 Å². The largest absolute Gasteiger partial charge is 0.450 e. The number of hydrogen-bond acceptors (Lipinski definition) is 3. The maximum atomic E-state index is 11.2. The summed E-state index contributed by atoms with van der Waals surface area (Å²) in [5.74, 6) is 0. The van der Waals surface area contributed by atoms with Crippen LogP contribution in [0.25, 0.3) is 0 Å². The maximum Gasteiger partial charge on any atom is 0.411 e. The van der Waals surface area contributed by atoms with Crippen molar-refractivity contribution in [3.63, 3.8) is 0 Å². The van der Waals surface area contributed by atoms with Crippen molar-refractivity contribution in [3.8, 4) is 0 Å². The molecule has 1 rings (SSSR count). The van der Waals surface area contributed by atoms with E-state index in [2.05, 4.69) is 5.32 Å². The molecule has 0 fully saturated rings. The lowest BCUT2D eigenvalue weighted by Crippen LogP contribution is -2.16. The van der Waals surface area contributed by atoms with Crippen molar-refractivity contribution in [2.24, 2.45) is 5.73 Å². The number of anilines is 1. The molecule has 0 heterocycles. The van der Waals surface area contributed by atoms with Crippen molar-refractivity contribution in [1.29, 1.82) is 0 Å². The van der Waals surface area contributed by atoms with Crippen molar-refractivity contribution in [2.45, 2.75) is 19.9 Å². The van der Waals surface area contributed by atoms with Crippen molar-refractivity contribution in [1.82, 2.24) is 0 Å². The van der Waals surface area contributed by atoms with Gasteiger partial charge in [0.1, 0.15) is 0 Å². The summed E-state index contributed by atoms with van der Waals surface area (Å²) in [4.78, 5) is 11.2. The van der Waals surface area contributed by atoms with E-state index in [-0.39, 0.29) is 6.04 Å². The molecule has 15 heavy (non-hydrogen) atoms. The summed E-state index contributed by atoms with van der Waals surface area (Å²) in [6.45, 7) is 3.98. The Morgan fingerprint density at radius 2 is 2.20 bits per heavy atom. The number of carbonyl (C=O) groups is 1. The van der Waals surface area contributed by atoms with Crippen molar-refractivity contribution in [2.75, 3.05) is 11.9 Å². The maximum absolute atomic E-state index is 11.2. The standard InChI is InChI=1S/C11H16N2O2/c1-3-15-11(14)13-10-7-5-4-6-9(10)8(2)12/h4-8H,3,12H2,1-2H3,(H,13,14). The topological polar surface area (TPSA) is 64.3 Å². The minimum absolute atomic E-state index is 0.122. The Morgan fingerprint density at radius 3 is 2.80 bits per heavy atom. The molecule has 0 spiro atoms. The third kappa shape index (κ3) is 3.25. The van der Waals surface area contributed by atoms with Crippen LogP contribution in [0.4, 0.5) is 10.5 Å². The number of para-hydroxylation sites is 1. The Kier molecular flexibility index (Phi) is 4.12. The van der Waals surface area contributed by atoms with Crippen LogP contribution in [-0.4, -0.2) is 12.7 Å². The third-order valence-electron chi connectivity index (χ3n) is 1.96. The summed E-state index contributed by atoms with van der Waals surface area (Å²) in [7, 11) is 0. The Bertz CT molecular complexity index is 337. The van der Waals surface area contributed by atoms with E-state index in [1.165, 1.54) is 0 Å². The highest BCUT2D eigenvalue weighted by Crippen LogP contribution is 2.20. The molecule has 0 aliphatic carbocycles. The molecule has 0 aromatic heterocycles. The van der Waals surface area contributed by atoms with Crippen LogP contribution in [0.3, 0.4) is 0 Å². The van der Waals surface area contributed by atoms with Gasteiger partial charge < -0.3 is 10.5 Å². The second-order valence-electron chi connectivity index (χ2n) is 3.22. The van der Waals surface area contributed by atoms with E-state index >= 15 is 0 Å². The van der Waals surface area contributed by atoms with Gasteiger partial charge in [-0.2, -0.15) is 0 Å². The molecule has 1 aromatic carbocycles. The summed E-state index contributed by atoms with van der Waals surface area (Å²) in [6.07, 6.45) is -0.453. The van der Waals surface area contributed by atoms with Gasteiger partial charge in [-0.05, 0) is 25.5 Å². The minimum Gasteiger partial charge on any atom is -0.450 e. The van der Waals surface area contributed by atoms with E-state index < -0.39 is 6.09 Å². The summed E-state index contributed by atoms with van der Waals surface area (Å²) in [5.41, 5.74) is 7.37. The molecule has 82 valence electrons. The second-order valence-corrected chi connectivity index (χ2v) is 3.22. The molecule has 1 amide bonds. The Labute approximate surface area is 89.4 Å². The molecule has 0 aliphatic rings. The number of amides is 1. The molecule has 0 bridgehead atoms. The predicted octanol–water partition coefficient (Wildman–Crippen LogP) is 2.27. The fourth-order valence-electron chi connectivity index (χ4n) is 1.29. The number of ether oxygens (including phenoxy) is 1. The van der Waals surface area contributed by atoms with Gasteiger partial charge in [-0.3, -0.25) is 5.32 Å². The first-order chi connectivity index (χ1) is 7.15. The van der Waals surface area contributed by atoms with Crippen LogP contribution < -0.4 is 11.1 Å². The van der Waals surface area contributed by atoms with Gasteiger partial charge >= 0.3 is 6.09 Å². The van der Waals surface area contributed by atoms with Crippen LogP contribution in [0.5, 0.6) is 0 Å². The zero-order chi connectivity index (χ0) is 11.3. The fraction of sp³-hybridized carbons (Fsp3) is 0.364. The van der Waals surface area contributed by atoms with Gasteiger partial charge in [0.05, 0.1) is 6.61 Å². The normalized spacial score (nSPS) is 11.9. The van der Waals surface area contributed by atoms with Crippen LogP contribution >= 0.6 is 0 Å². The highest BCUT2D eigenvalue weighted by atomic mass is 16.5. The van der Waals surface area contributed by atoms with Gasteiger partial charge in [0.15, 0.2) is 0 Å². The highest BCUT2D eigenvalue weighted by Gasteiger charge is 2.08. The quantitative estimate of drug-likeness (QED) is 0.800. The van der Waals surface area contributed by atoms with Crippen LogP contribution in [0.1, 0.15) is 25.5 Å². The summed E-state index contributed by atoms with van der Waals surface area (Å²) < 4.78 is 4.79. The van der Waals surface area contributed by atoms with E-state index in [0.29, 0.717) is 12.3 Å². The number of nitrogens with two attached hydrogens (primary N) is 1. The number of benzene rings is 1. The van der Waals surface area contributed by atoms with Gasteiger partial charge in [0, 0.05) is 11.7 Å². The molecular formula is C11H16N2O2. The molecule has 0 saturated carbocycles. The number of nitrogens with one attached hydrogen (secondary N) is 1. The summed E-state index contributed by atoms with van der Waals surface area (Å²) >= 11 is 0. The number of carbonyl (C=O) groups excluding carboxylic acids is 1. The lowest BCUT2D eigenvalue weighted by atomic mass is 10.1. The molecule has 1 unspecified atom stereocenters. The molecule has 0 aliphatic heterocycles. The monoisotopic (exact) mass is 208 g/mol. The molecule has 4 nitrogen and oxygen atoms in total.